The van der Waals surface area contributed by atoms with Gasteiger partial charge in [0.15, 0.2) is 5.78 Å². The average molecular weight is 269 g/mol. The molecule has 0 saturated carbocycles. The van der Waals surface area contributed by atoms with Gasteiger partial charge in [-0.15, -0.1) is 0 Å². The van der Waals surface area contributed by atoms with Crippen LogP contribution in [0.4, 0.5) is 4.39 Å². The van der Waals surface area contributed by atoms with Crippen LogP contribution in [0.1, 0.15) is 15.9 Å². The van der Waals surface area contributed by atoms with E-state index in [9.17, 15) is 9.18 Å². The highest BCUT2D eigenvalue weighted by atomic mass is 35.5. The van der Waals surface area contributed by atoms with E-state index in [2.05, 4.69) is 0 Å². The molecule has 0 N–H and O–H groups in total. The van der Waals surface area contributed by atoms with E-state index in [1.165, 1.54) is 24.3 Å². The van der Waals surface area contributed by atoms with Crippen molar-refractivity contribution in [1.82, 2.24) is 0 Å². The van der Waals surface area contributed by atoms with Gasteiger partial charge in [0.2, 0.25) is 0 Å². The summed E-state index contributed by atoms with van der Waals surface area (Å²) in [6.07, 6.45) is 0. The molecule has 0 aromatic heterocycles. The van der Waals surface area contributed by atoms with Crippen LogP contribution in [0.3, 0.4) is 0 Å². The first-order valence-electron chi connectivity index (χ1n) is 4.84. The minimum Gasteiger partial charge on any atom is -0.289 e. The van der Waals surface area contributed by atoms with Gasteiger partial charge in [0.1, 0.15) is 5.82 Å². The summed E-state index contributed by atoms with van der Waals surface area (Å²) < 4.78 is 13.2. The number of hydrogen-bond donors (Lipinski definition) is 0. The van der Waals surface area contributed by atoms with E-state index in [0.717, 1.165) is 0 Å². The van der Waals surface area contributed by atoms with Crippen molar-refractivity contribution in [3.8, 4) is 0 Å². The molecule has 0 spiro atoms. The zero-order chi connectivity index (χ0) is 12.4. The molecule has 0 aliphatic rings. The summed E-state index contributed by atoms with van der Waals surface area (Å²) in [7, 11) is 0. The molecule has 2 aromatic rings. The summed E-state index contributed by atoms with van der Waals surface area (Å²) in [4.78, 5) is 12.1. The van der Waals surface area contributed by atoms with Crippen molar-refractivity contribution in [2.45, 2.75) is 0 Å². The SMILES string of the molecule is O=C(c1cccc(Cl)c1)c1cccc(F)c1Cl. The molecule has 0 unspecified atom stereocenters. The Morgan fingerprint density at radius 1 is 1.06 bits per heavy atom. The first-order valence-corrected chi connectivity index (χ1v) is 5.59. The predicted octanol–water partition coefficient (Wildman–Crippen LogP) is 4.36. The molecule has 4 heteroatoms. The van der Waals surface area contributed by atoms with E-state index in [1.807, 2.05) is 0 Å². The smallest absolute Gasteiger partial charge is 0.194 e. The number of carbonyl (C=O) groups is 1. The average Bonchev–Trinajstić information content (AvgIpc) is 2.32. The quantitative estimate of drug-likeness (QED) is 0.740. The maximum atomic E-state index is 13.2. The molecule has 17 heavy (non-hydrogen) atoms. The van der Waals surface area contributed by atoms with Gasteiger partial charge >= 0.3 is 0 Å². The Labute approximate surface area is 108 Å². The van der Waals surface area contributed by atoms with Crippen molar-refractivity contribution >= 4 is 29.0 Å². The molecule has 0 fully saturated rings. The van der Waals surface area contributed by atoms with Gasteiger partial charge in [0.05, 0.1) is 5.02 Å². The van der Waals surface area contributed by atoms with E-state index in [4.69, 9.17) is 23.2 Å². The number of carbonyl (C=O) groups excluding carboxylic acids is 1. The van der Waals surface area contributed by atoms with Crippen LogP contribution in [-0.2, 0) is 0 Å². The van der Waals surface area contributed by atoms with Crippen LogP contribution in [0.25, 0.3) is 0 Å². The van der Waals surface area contributed by atoms with Crippen LogP contribution in [0, 0.1) is 5.82 Å². The lowest BCUT2D eigenvalue weighted by atomic mass is 10.0. The highest BCUT2D eigenvalue weighted by Gasteiger charge is 2.15. The van der Waals surface area contributed by atoms with Crippen molar-refractivity contribution in [3.05, 3.63) is 69.5 Å². The van der Waals surface area contributed by atoms with Crippen molar-refractivity contribution < 1.29 is 9.18 Å². The van der Waals surface area contributed by atoms with Gasteiger partial charge in [-0.25, -0.2) is 4.39 Å². The van der Waals surface area contributed by atoms with E-state index in [0.29, 0.717) is 10.6 Å². The normalized spacial score (nSPS) is 10.3. The number of hydrogen-bond acceptors (Lipinski definition) is 1. The minimum atomic E-state index is -0.612. The van der Waals surface area contributed by atoms with Gasteiger partial charge in [-0.05, 0) is 24.3 Å². The highest BCUT2D eigenvalue weighted by molar-refractivity contribution is 6.35. The zero-order valence-corrected chi connectivity index (χ0v) is 10.1. The maximum Gasteiger partial charge on any atom is 0.194 e. The molecule has 0 saturated heterocycles. The van der Waals surface area contributed by atoms with E-state index < -0.39 is 5.82 Å². The Balaban J connectivity index is 2.48. The molecule has 0 radical (unpaired) electrons. The molecular formula is C13H7Cl2FO. The second-order valence-corrected chi connectivity index (χ2v) is 4.26. The standard InChI is InChI=1S/C13H7Cl2FO/c14-9-4-1-3-8(7-9)13(17)10-5-2-6-11(16)12(10)15/h1-7H. The monoisotopic (exact) mass is 268 g/mol. The second kappa shape index (κ2) is 4.86. The van der Waals surface area contributed by atoms with Gasteiger partial charge in [0, 0.05) is 16.1 Å². The highest BCUT2D eigenvalue weighted by Crippen LogP contribution is 2.23. The molecule has 2 aromatic carbocycles. The Hall–Kier alpha value is -1.38. The van der Waals surface area contributed by atoms with E-state index in [1.54, 1.807) is 18.2 Å². The number of halogens is 3. The van der Waals surface area contributed by atoms with Gasteiger partial charge < -0.3 is 0 Å². The number of ketones is 1. The summed E-state index contributed by atoms with van der Waals surface area (Å²) in [6.45, 7) is 0. The van der Waals surface area contributed by atoms with Crippen molar-refractivity contribution in [2.24, 2.45) is 0 Å². The Morgan fingerprint density at radius 2 is 1.76 bits per heavy atom. The summed E-state index contributed by atoms with van der Waals surface area (Å²) in [6, 6.07) is 10.6. The fourth-order valence-corrected chi connectivity index (χ4v) is 1.87. The molecule has 2 rings (SSSR count). The van der Waals surface area contributed by atoms with Gasteiger partial charge in [-0.1, -0.05) is 41.4 Å². The van der Waals surface area contributed by atoms with Crippen molar-refractivity contribution in [2.75, 3.05) is 0 Å². The fourth-order valence-electron chi connectivity index (χ4n) is 1.46. The summed E-state index contributed by atoms with van der Waals surface area (Å²) in [5.74, 6) is -0.962. The molecule has 0 bridgehead atoms. The van der Waals surface area contributed by atoms with Gasteiger partial charge in [-0.3, -0.25) is 4.79 Å². The largest absolute Gasteiger partial charge is 0.289 e. The third-order valence-electron chi connectivity index (χ3n) is 2.28. The molecule has 0 atom stereocenters. The number of rotatable bonds is 2. The predicted molar refractivity (Wildman–Crippen MR) is 66.3 cm³/mol. The molecular weight excluding hydrogens is 262 g/mol. The fraction of sp³-hybridized carbons (Fsp3) is 0. The lowest BCUT2D eigenvalue weighted by Crippen LogP contribution is -2.03. The number of benzene rings is 2. The summed E-state index contributed by atoms with van der Waals surface area (Å²) in [5, 5.41) is 0.279. The molecule has 0 amide bonds. The molecule has 0 aliphatic heterocycles. The van der Waals surface area contributed by atoms with Crippen molar-refractivity contribution in [1.29, 1.82) is 0 Å². The van der Waals surface area contributed by atoms with Crippen LogP contribution in [-0.4, -0.2) is 5.78 Å². The third kappa shape index (κ3) is 2.48. The summed E-state index contributed by atoms with van der Waals surface area (Å²) >= 11 is 11.5. The first-order chi connectivity index (χ1) is 8.09. The van der Waals surface area contributed by atoms with Crippen LogP contribution in [0.5, 0.6) is 0 Å². The molecule has 0 aliphatic carbocycles. The maximum absolute atomic E-state index is 13.2. The topological polar surface area (TPSA) is 17.1 Å². The van der Waals surface area contributed by atoms with Crippen LogP contribution >= 0.6 is 23.2 Å². The van der Waals surface area contributed by atoms with Gasteiger partial charge in [0.25, 0.3) is 0 Å². The van der Waals surface area contributed by atoms with Crippen LogP contribution in [0.15, 0.2) is 42.5 Å². The third-order valence-corrected chi connectivity index (χ3v) is 2.90. The lowest BCUT2D eigenvalue weighted by molar-refractivity contribution is 0.103. The Kier molecular flexibility index (Phi) is 3.46. The Bertz CT molecular complexity index is 581. The van der Waals surface area contributed by atoms with E-state index in [-0.39, 0.29) is 16.4 Å². The minimum absolute atomic E-state index is 0.133. The molecule has 1 nitrogen and oxygen atoms in total. The van der Waals surface area contributed by atoms with Crippen LogP contribution in [0.2, 0.25) is 10.0 Å². The lowest BCUT2D eigenvalue weighted by Gasteiger charge is -2.04. The zero-order valence-electron chi connectivity index (χ0n) is 8.58. The van der Waals surface area contributed by atoms with Gasteiger partial charge in [-0.2, -0.15) is 0 Å². The first kappa shape index (κ1) is 12.1. The Morgan fingerprint density at radius 3 is 2.47 bits per heavy atom. The second-order valence-electron chi connectivity index (χ2n) is 3.44. The summed E-state index contributed by atoms with van der Waals surface area (Å²) in [5.41, 5.74) is 0.513. The van der Waals surface area contributed by atoms with Crippen molar-refractivity contribution in [3.63, 3.8) is 0 Å². The van der Waals surface area contributed by atoms with E-state index >= 15 is 0 Å². The molecule has 86 valence electrons. The molecule has 0 heterocycles. The van der Waals surface area contributed by atoms with Crippen LogP contribution < -0.4 is 0 Å².